The minimum atomic E-state index is -0.0656. The monoisotopic (exact) mass is 366 g/mol. The summed E-state index contributed by atoms with van der Waals surface area (Å²) in [6.07, 6.45) is 2.19. The van der Waals surface area contributed by atoms with Gasteiger partial charge in [-0.1, -0.05) is 30.1 Å². The number of hydrogen-bond donors (Lipinski definition) is 2. The lowest BCUT2D eigenvalue weighted by Gasteiger charge is -2.11. The van der Waals surface area contributed by atoms with Crippen LogP contribution >= 0.6 is 39.1 Å². The number of nitrogens with one attached hydrogen (secondary N) is 1. The first-order chi connectivity index (χ1) is 8.95. The maximum absolute atomic E-state index is 11.8. The highest BCUT2D eigenvalue weighted by molar-refractivity contribution is 9.10. The number of nitrogens with two attached hydrogens (primary N) is 1. The summed E-state index contributed by atoms with van der Waals surface area (Å²) in [5, 5.41) is 3.51. The van der Waals surface area contributed by atoms with E-state index in [0.717, 1.165) is 12.8 Å². The molecule has 19 heavy (non-hydrogen) atoms. The topological polar surface area (TPSA) is 55.1 Å². The Labute approximate surface area is 132 Å². The third kappa shape index (κ3) is 5.30. The molecule has 0 aliphatic rings. The number of benzene rings is 1. The highest BCUT2D eigenvalue weighted by Gasteiger charge is 2.12. The molecule has 1 rings (SSSR count). The number of rotatable bonds is 6. The molecule has 0 radical (unpaired) electrons. The van der Waals surface area contributed by atoms with Crippen molar-refractivity contribution in [1.82, 2.24) is 0 Å². The molecule has 3 N–H and O–H groups in total. The van der Waals surface area contributed by atoms with Gasteiger partial charge in [-0.2, -0.15) is 0 Å². The Morgan fingerprint density at radius 2 is 2.05 bits per heavy atom. The maximum Gasteiger partial charge on any atom is 0.224 e. The van der Waals surface area contributed by atoms with Gasteiger partial charge >= 0.3 is 0 Å². The number of anilines is 1. The first-order valence-corrected chi connectivity index (χ1v) is 7.64. The minimum Gasteiger partial charge on any atom is -0.330 e. The molecular weight excluding hydrogens is 351 g/mol. The Bertz CT molecular complexity index is 455. The van der Waals surface area contributed by atoms with Gasteiger partial charge in [0.2, 0.25) is 5.91 Å². The third-order valence-corrected chi connectivity index (χ3v) is 4.60. The summed E-state index contributed by atoms with van der Waals surface area (Å²) < 4.78 is 0.703. The molecule has 0 aliphatic carbocycles. The fraction of sp³-hybridized carbons (Fsp3) is 0.462. The van der Waals surface area contributed by atoms with E-state index < -0.39 is 0 Å². The van der Waals surface area contributed by atoms with Crippen LogP contribution in [-0.4, -0.2) is 12.5 Å². The van der Waals surface area contributed by atoms with E-state index in [1.165, 1.54) is 0 Å². The van der Waals surface area contributed by atoms with Crippen LogP contribution in [0.25, 0.3) is 0 Å². The zero-order valence-corrected chi connectivity index (χ0v) is 13.8. The predicted molar refractivity (Wildman–Crippen MR) is 84.9 cm³/mol. The molecule has 0 bridgehead atoms. The lowest BCUT2D eigenvalue weighted by Crippen LogP contribution is -2.14. The molecule has 0 saturated carbocycles. The van der Waals surface area contributed by atoms with Gasteiger partial charge < -0.3 is 11.1 Å². The molecule has 1 atom stereocenters. The molecule has 1 amide bonds. The van der Waals surface area contributed by atoms with E-state index in [1.54, 1.807) is 12.1 Å². The molecule has 0 heterocycles. The summed E-state index contributed by atoms with van der Waals surface area (Å²) in [7, 11) is 0. The molecule has 0 aliphatic heterocycles. The molecule has 106 valence electrons. The fourth-order valence-electron chi connectivity index (χ4n) is 1.64. The van der Waals surface area contributed by atoms with Gasteiger partial charge in [-0.15, -0.1) is 0 Å². The van der Waals surface area contributed by atoms with Gasteiger partial charge in [-0.3, -0.25) is 4.79 Å². The molecule has 1 unspecified atom stereocenters. The Morgan fingerprint density at radius 1 is 1.37 bits per heavy atom. The van der Waals surface area contributed by atoms with E-state index in [4.69, 9.17) is 28.9 Å². The van der Waals surface area contributed by atoms with Gasteiger partial charge in [0.15, 0.2) is 0 Å². The lowest BCUT2D eigenvalue weighted by atomic mass is 10.0. The Kier molecular flexibility index (Phi) is 7.15. The minimum absolute atomic E-state index is 0.0656. The van der Waals surface area contributed by atoms with Crippen LogP contribution < -0.4 is 11.1 Å². The lowest BCUT2D eigenvalue weighted by molar-refractivity contribution is -0.116. The highest BCUT2D eigenvalue weighted by Crippen LogP contribution is 2.35. The summed E-state index contributed by atoms with van der Waals surface area (Å²) >= 11 is 15.3. The van der Waals surface area contributed by atoms with Crippen LogP contribution in [0.4, 0.5) is 5.69 Å². The molecular formula is C13H17BrCl2N2O. The maximum atomic E-state index is 11.8. The summed E-state index contributed by atoms with van der Waals surface area (Å²) in [5.41, 5.74) is 6.01. The number of carbonyl (C=O) groups is 1. The highest BCUT2D eigenvalue weighted by atomic mass is 79.9. The molecule has 0 fully saturated rings. The van der Waals surface area contributed by atoms with Crippen molar-refractivity contribution in [3.05, 3.63) is 26.7 Å². The van der Waals surface area contributed by atoms with Gasteiger partial charge in [-0.05, 0) is 53.4 Å². The molecule has 1 aromatic carbocycles. The summed E-state index contributed by atoms with van der Waals surface area (Å²) in [4.78, 5) is 11.8. The number of hydrogen-bond acceptors (Lipinski definition) is 2. The largest absolute Gasteiger partial charge is 0.330 e. The van der Waals surface area contributed by atoms with E-state index in [-0.39, 0.29) is 5.91 Å². The van der Waals surface area contributed by atoms with E-state index >= 15 is 0 Å². The first kappa shape index (κ1) is 16.8. The van der Waals surface area contributed by atoms with Crippen LogP contribution in [0, 0.1) is 5.92 Å². The van der Waals surface area contributed by atoms with Crippen LogP contribution in [0.2, 0.25) is 10.0 Å². The van der Waals surface area contributed by atoms with E-state index in [2.05, 4.69) is 28.2 Å². The van der Waals surface area contributed by atoms with E-state index in [0.29, 0.717) is 39.1 Å². The van der Waals surface area contributed by atoms with Crippen LogP contribution in [0.15, 0.2) is 16.6 Å². The second kappa shape index (κ2) is 8.10. The van der Waals surface area contributed by atoms with Gasteiger partial charge in [-0.25, -0.2) is 0 Å². The number of amides is 1. The quantitative estimate of drug-likeness (QED) is 0.729. The molecule has 0 spiro atoms. The van der Waals surface area contributed by atoms with Crippen LogP contribution in [0.3, 0.4) is 0 Å². The van der Waals surface area contributed by atoms with Crippen molar-refractivity contribution in [2.24, 2.45) is 11.7 Å². The van der Waals surface area contributed by atoms with Crippen molar-refractivity contribution in [2.45, 2.75) is 26.2 Å². The van der Waals surface area contributed by atoms with Crippen LogP contribution in [0.5, 0.6) is 0 Å². The molecule has 6 heteroatoms. The SMILES string of the molecule is CC(CCN)CCC(=O)Nc1ccc(Br)c(Cl)c1Cl. The van der Waals surface area contributed by atoms with Gasteiger partial charge in [0, 0.05) is 10.9 Å². The van der Waals surface area contributed by atoms with Gasteiger partial charge in [0.25, 0.3) is 0 Å². The fourth-order valence-corrected chi connectivity index (χ4v) is 2.46. The Balaban J connectivity index is 2.56. The zero-order chi connectivity index (χ0) is 14.4. The third-order valence-electron chi connectivity index (χ3n) is 2.83. The Hall–Kier alpha value is -0.290. The van der Waals surface area contributed by atoms with Crippen molar-refractivity contribution in [2.75, 3.05) is 11.9 Å². The zero-order valence-electron chi connectivity index (χ0n) is 10.7. The van der Waals surface area contributed by atoms with Crippen molar-refractivity contribution in [3.8, 4) is 0 Å². The first-order valence-electron chi connectivity index (χ1n) is 6.09. The van der Waals surface area contributed by atoms with Crippen LogP contribution in [0.1, 0.15) is 26.2 Å². The smallest absolute Gasteiger partial charge is 0.224 e. The van der Waals surface area contributed by atoms with E-state index in [9.17, 15) is 4.79 Å². The van der Waals surface area contributed by atoms with Crippen LogP contribution in [-0.2, 0) is 4.79 Å². The number of halogens is 3. The molecule has 1 aromatic rings. The average Bonchev–Trinajstić information content (AvgIpc) is 2.37. The standard InChI is InChI=1S/C13H17BrCl2N2O/c1-8(6-7-17)2-5-11(19)18-10-4-3-9(14)12(15)13(10)16/h3-4,8H,2,5-7,17H2,1H3,(H,18,19). The van der Waals surface area contributed by atoms with Crippen molar-refractivity contribution < 1.29 is 4.79 Å². The Morgan fingerprint density at radius 3 is 2.68 bits per heavy atom. The summed E-state index contributed by atoms with van der Waals surface area (Å²) in [6, 6.07) is 3.47. The summed E-state index contributed by atoms with van der Waals surface area (Å²) in [6.45, 7) is 2.74. The molecule has 0 aromatic heterocycles. The van der Waals surface area contributed by atoms with Crippen molar-refractivity contribution in [3.63, 3.8) is 0 Å². The second-order valence-corrected chi connectivity index (χ2v) is 6.10. The van der Waals surface area contributed by atoms with E-state index in [1.807, 2.05) is 0 Å². The van der Waals surface area contributed by atoms with Crippen molar-refractivity contribution in [1.29, 1.82) is 0 Å². The molecule has 0 saturated heterocycles. The predicted octanol–water partition coefficient (Wildman–Crippen LogP) is 4.46. The average molecular weight is 368 g/mol. The number of carbonyl (C=O) groups excluding carboxylic acids is 1. The van der Waals surface area contributed by atoms with Gasteiger partial charge in [0.1, 0.15) is 0 Å². The van der Waals surface area contributed by atoms with Gasteiger partial charge in [0.05, 0.1) is 15.7 Å². The summed E-state index contributed by atoms with van der Waals surface area (Å²) in [5.74, 6) is 0.379. The second-order valence-electron chi connectivity index (χ2n) is 4.49. The van der Waals surface area contributed by atoms with Crippen molar-refractivity contribution >= 4 is 50.7 Å². The molecule has 3 nitrogen and oxygen atoms in total. The normalized spacial score (nSPS) is 12.3.